The van der Waals surface area contributed by atoms with Crippen LogP contribution in [0.5, 0.6) is 17.2 Å². The summed E-state index contributed by atoms with van der Waals surface area (Å²) in [6.45, 7) is 1.88. The number of hydrogen-bond donors (Lipinski definition) is 1. The summed E-state index contributed by atoms with van der Waals surface area (Å²) in [6.07, 6.45) is 1.53. The molecule has 3 unspecified atom stereocenters. The van der Waals surface area contributed by atoms with Gasteiger partial charge in [0.15, 0.2) is 17.6 Å². The Kier molecular flexibility index (Phi) is 11.1. The molecule has 0 aliphatic carbocycles. The standard InChI is InChI=1S/C45H39Cl2N3O6/c46-37-16-7-30(20-38(37)47)26-54-36-14-12-33(13-15-36)43-27-55-41-22-34-21-39(50(25-35(34)23-42(41)56-43)45(52)40-2-1-19-53-40)44(51)49-18-17-28-3-8-31(9-4-28)32-10-5-29(24-48)6-11-32/h3-16,20,22-23,39-40,43H,1-2,17-19,21,25-27H2,(H,49,51). The van der Waals surface area contributed by atoms with Crippen molar-refractivity contribution in [2.75, 3.05) is 19.8 Å². The van der Waals surface area contributed by atoms with Gasteiger partial charge in [0.25, 0.3) is 5.91 Å². The molecule has 9 nitrogen and oxygen atoms in total. The maximum Gasteiger partial charge on any atom is 0.252 e. The number of carbonyl (C=O) groups excluding carboxylic acids is 2. The van der Waals surface area contributed by atoms with Crippen molar-refractivity contribution < 1.29 is 28.5 Å². The van der Waals surface area contributed by atoms with Gasteiger partial charge in [-0.2, -0.15) is 5.26 Å². The highest BCUT2D eigenvalue weighted by Gasteiger charge is 2.39. The van der Waals surface area contributed by atoms with Gasteiger partial charge < -0.3 is 29.2 Å². The summed E-state index contributed by atoms with van der Waals surface area (Å²) in [7, 11) is 0. The van der Waals surface area contributed by atoms with Gasteiger partial charge in [0, 0.05) is 26.1 Å². The van der Waals surface area contributed by atoms with Crippen molar-refractivity contribution in [2.45, 2.75) is 57.1 Å². The van der Waals surface area contributed by atoms with Crippen LogP contribution in [0, 0.1) is 11.3 Å². The van der Waals surface area contributed by atoms with Crippen LogP contribution in [-0.2, 0) is 40.3 Å². The number of nitriles is 1. The maximum absolute atomic E-state index is 13.8. The molecule has 0 radical (unpaired) electrons. The molecular formula is C45H39Cl2N3O6. The van der Waals surface area contributed by atoms with Gasteiger partial charge in [0.1, 0.15) is 31.1 Å². The molecule has 2 amide bonds. The zero-order chi connectivity index (χ0) is 38.6. The molecule has 5 aromatic rings. The molecule has 11 heteroatoms. The molecular weight excluding hydrogens is 749 g/mol. The fraction of sp³-hybridized carbons (Fsp3) is 0.267. The largest absolute Gasteiger partial charge is 0.489 e. The molecule has 0 bridgehead atoms. The third-order valence-corrected chi connectivity index (χ3v) is 11.2. The number of halogens is 2. The Hall–Kier alpha value is -5.53. The molecule has 56 heavy (non-hydrogen) atoms. The Bertz CT molecular complexity index is 2270. The first-order chi connectivity index (χ1) is 27.3. The zero-order valence-corrected chi connectivity index (χ0v) is 32.0. The lowest BCUT2D eigenvalue weighted by molar-refractivity contribution is -0.149. The van der Waals surface area contributed by atoms with Crippen LogP contribution < -0.4 is 19.5 Å². The van der Waals surface area contributed by atoms with Crippen molar-refractivity contribution >= 4 is 35.0 Å². The predicted octanol–water partition coefficient (Wildman–Crippen LogP) is 8.41. The molecule has 0 saturated carbocycles. The van der Waals surface area contributed by atoms with E-state index in [1.165, 1.54) is 0 Å². The number of rotatable bonds is 10. The first-order valence-corrected chi connectivity index (χ1v) is 19.5. The van der Waals surface area contributed by atoms with Crippen molar-refractivity contribution in [3.05, 3.63) is 147 Å². The minimum atomic E-state index is -0.689. The molecule has 5 aromatic carbocycles. The monoisotopic (exact) mass is 787 g/mol. The molecule has 3 aliphatic rings. The smallest absolute Gasteiger partial charge is 0.252 e. The third-order valence-electron chi connectivity index (χ3n) is 10.5. The zero-order valence-electron chi connectivity index (χ0n) is 30.5. The first-order valence-electron chi connectivity index (χ1n) is 18.7. The number of fused-ring (bicyclic) bond motifs is 2. The number of nitrogens with zero attached hydrogens (tertiary/aromatic N) is 2. The highest BCUT2D eigenvalue weighted by Crippen LogP contribution is 2.41. The number of nitrogens with one attached hydrogen (secondary N) is 1. The van der Waals surface area contributed by atoms with E-state index < -0.39 is 12.1 Å². The summed E-state index contributed by atoms with van der Waals surface area (Å²) >= 11 is 12.2. The summed E-state index contributed by atoms with van der Waals surface area (Å²) in [5.74, 6) is 1.55. The van der Waals surface area contributed by atoms with Crippen LogP contribution in [0.15, 0.2) is 103 Å². The lowest BCUT2D eigenvalue weighted by Crippen LogP contribution is -2.55. The van der Waals surface area contributed by atoms with E-state index >= 15 is 0 Å². The van der Waals surface area contributed by atoms with Gasteiger partial charge in [-0.3, -0.25) is 9.59 Å². The van der Waals surface area contributed by atoms with Gasteiger partial charge in [-0.15, -0.1) is 0 Å². The second kappa shape index (κ2) is 16.7. The number of carbonyl (C=O) groups is 2. The van der Waals surface area contributed by atoms with E-state index in [1.54, 1.807) is 29.2 Å². The van der Waals surface area contributed by atoms with Gasteiger partial charge in [0.05, 0.1) is 21.7 Å². The van der Waals surface area contributed by atoms with Gasteiger partial charge in [0.2, 0.25) is 5.91 Å². The normalized spacial score (nSPS) is 18.4. The lowest BCUT2D eigenvalue weighted by Gasteiger charge is -2.38. The molecule has 1 saturated heterocycles. The highest BCUT2D eigenvalue weighted by molar-refractivity contribution is 6.42. The Morgan fingerprint density at radius 3 is 2.30 bits per heavy atom. The van der Waals surface area contributed by atoms with Gasteiger partial charge in [-0.1, -0.05) is 77.8 Å². The first kappa shape index (κ1) is 37.4. The minimum absolute atomic E-state index is 0.166. The fourth-order valence-electron chi connectivity index (χ4n) is 7.36. The van der Waals surface area contributed by atoms with E-state index in [0.717, 1.165) is 45.4 Å². The van der Waals surface area contributed by atoms with E-state index in [9.17, 15) is 9.59 Å². The third kappa shape index (κ3) is 8.34. The molecule has 3 atom stereocenters. The number of hydrogen-bond acceptors (Lipinski definition) is 7. The van der Waals surface area contributed by atoms with Crippen molar-refractivity contribution in [1.29, 1.82) is 5.26 Å². The molecule has 0 spiro atoms. The average molecular weight is 789 g/mol. The molecule has 0 aromatic heterocycles. The van der Waals surface area contributed by atoms with Crippen LogP contribution in [0.25, 0.3) is 11.1 Å². The van der Waals surface area contributed by atoms with Crippen LogP contribution in [0.3, 0.4) is 0 Å². The summed E-state index contributed by atoms with van der Waals surface area (Å²) in [4.78, 5) is 29.3. The summed E-state index contributed by atoms with van der Waals surface area (Å²) in [5, 5.41) is 13.2. The topological polar surface area (TPSA) is 110 Å². The van der Waals surface area contributed by atoms with Gasteiger partial charge >= 0.3 is 0 Å². The quantitative estimate of drug-likeness (QED) is 0.151. The van der Waals surface area contributed by atoms with Crippen molar-refractivity contribution in [3.8, 4) is 34.4 Å². The number of benzene rings is 5. The molecule has 3 heterocycles. The number of ether oxygens (including phenoxy) is 4. The Labute approximate surface area is 335 Å². The fourth-order valence-corrected chi connectivity index (χ4v) is 7.68. The molecule has 1 N–H and O–H groups in total. The van der Waals surface area contributed by atoms with Crippen LogP contribution in [0.2, 0.25) is 10.0 Å². The Balaban J connectivity index is 0.917. The summed E-state index contributed by atoms with van der Waals surface area (Å²) in [5.41, 5.74) is 7.50. The van der Waals surface area contributed by atoms with E-state index in [1.807, 2.05) is 78.9 Å². The highest BCUT2D eigenvalue weighted by atomic mass is 35.5. The van der Waals surface area contributed by atoms with Crippen LogP contribution in [0.4, 0.5) is 0 Å². The second-order valence-electron chi connectivity index (χ2n) is 14.2. The molecule has 1 fully saturated rings. The van der Waals surface area contributed by atoms with Crippen molar-refractivity contribution in [1.82, 2.24) is 10.2 Å². The van der Waals surface area contributed by atoms with Crippen LogP contribution in [0.1, 0.15) is 52.3 Å². The van der Waals surface area contributed by atoms with Gasteiger partial charge in [-0.05, 0) is 107 Å². The molecule has 284 valence electrons. The number of amides is 2. The Morgan fingerprint density at radius 2 is 1.59 bits per heavy atom. The maximum atomic E-state index is 13.8. The lowest BCUT2D eigenvalue weighted by atomic mass is 9.91. The molecule has 3 aliphatic heterocycles. The van der Waals surface area contributed by atoms with Crippen molar-refractivity contribution in [3.63, 3.8) is 0 Å². The van der Waals surface area contributed by atoms with Crippen LogP contribution >= 0.6 is 23.2 Å². The second-order valence-corrected chi connectivity index (χ2v) is 15.0. The average Bonchev–Trinajstić information content (AvgIpc) is 3.78. The van der Waals surface area contributed by atoms with Crippen LogP contribution in [-0.4, -0.2) is 48.6 Å². The van der Waals surface area contributed by atoms with E-state index in [2.05, 4.69) is 11.4 Å². The SMILES string of the molecule is N#Cc1ccc(-c2ccc(CCNC(=O)C3Cc4cc5c(cc4CN3C(=O)C3CCCO3)OC(c3ccc(OCc4ccc(Cl)c(Cl)c4)cc3)CO5)cc2)cc1. The van der Waals surface area contributed by atoms with E-state index in [4.69, 9.17) is 47.4 Å². The molecule has 8 rings (SSSR count). The predicted molar refractivity (Wildman–Crippen MR) is 213 cm³/mol. The van der Waals surface area contributed by atoms with E-state index in [-0.39, 0.29) is 24.5 Å². The minimum Gasteiger partial charge on any atom is -0.489 e. The van der Waals surface area contributed by atoms with E-state index in [0.29, 0.717) is 78.5 Å². The summed E-state index contributed by atoms with van der Waals surface area (Å²) in [6, 6.07) is 34.1. The Morgan fingerprint density at radius 1 is 0.857 bits per heavy atom. The van der Waals surface area contributed by atoms with Gasteiger partial charge in [-0.25, -0.2) is 0 Å². The van der Waals surface area contributed by atoms with Crippen molar-refractivity contribution in [2.24, 2.45) is 0 Å². The summed E-state index contributed by atoms with van der Waals surface area (Å²) < 4.78 is 24.4.